The van der Waals surface area contributed by atoms with Crippen LogP contribution in [-0.2, 0) is 0 Å². The third kappa shape index (κ3) is 3.04. The Kier molecular flexibility index (Phi) is 4.28. The molecular formula is C14H22BrN3. The molecule has 1 aliphatic rings. The normalized spacial score (nSPS) is 28.1. The highest BCUT2D eigenvalue weighted by Crippen LogP contribution is 2.34. The van der Waals surface area contributed by atoms with Gasteiger partial charge in [-0.25, -0.2) is 4.98 Å². The smallest absolute Gasteiger partial charge is 0.129 e. The number of pyridine rings is 1. The summed E-state index contributed by atoms with van der Waals surface area (Å²) < 4.78 is 1.02. The highest BCUT2D eigenvalue weighted by Gasteiger charge is 2.34. The fourth-order valence-corrected chi connectivity index (χ4v) is 3.38. The van der Waals surface area contributed by atoms with Crippen molar-refractivity contribution in [3.05, 3.63) is 22.3 Å². The number of aryl methyl sites for hydroxylation is 1. The zero-order chi connectivity index (χ0) is 13.2. The largest absolute Gasteiger partial charge is 0.363 e. The zero-order valence-corrected chi connectivity index (χ0v) is 12.8. The molecule has 3 N–H and O–H groups in total. The number of nitrogens with zero attached hydrogens (tertiary/aromatic N) is 1. The molecule has 0 aliphatic heterocycles. The number of hydrogen-bond acceptors (Lipinski definition) is 3. The Labute approximate surface area is 118 Å². The van der Waals surface area contributed by atoms with Gasteiger partial charge < -0.3 is 11.1 Å². The second-order valence-corrected chi connectivity index (χ2v) is 6.55. The van der Waals surface area contributed by atoms with E-state index in [1.165, 1.54) is 12.8 Å². The van der Waals surface area contributed by atoms with Gasteiger partial charge in [0.05, 0.1) is 5.54 Å². The number of hydrogen-bond donors (Lipinski definition) is 2. The molecule has 1 aromatic heterocycles. The van der Waals surface area contributed by atoms with Crippen LogP contribution in [0.15, 0.2) is 16.7 Å². The van der Waals surface area contributed by atoms with Gasteiger partial charge in [-0.15, -0.1) is 0 Å². The number of halogens is 1. The van der Waals surface area contributed by atoms with Crippen LogP contribution in [0, 0.1) is 12.8 Å². The van der Waals surface area contributed by atoms with Crippen LogP contribution in [0.3, 0.4) is 0 Å². The predicted molar refractivity (Wildman–Crippen MR) is 79.7 cm³/mol. The van der Waals surface area contributed by atoms with Crippen LogP contribution in [0.1, 0.15) is 38.2 Å². The average molecular weight is 312 g/mol. The molecular weight excluding hydrogens is 290 g/mol. The van der Waals surface area contributed by atoms with E-state index in [4.69, 9.17) is 5.73 Å². The van der Waals surface area contributed by atoms with Gasteiger partial charge in [-0.3, -0.25) is 0 Å². The van der Waals surface area contributed by atoms with E-state index < -0.39 is 0 Å². The van der Waals surface area contributed by atoms with Crippen LogP contribution >= 0.6 is 15.9 Å². The van der Waals surface area contributed by atoms with E-state index in [1.54, 1.807) is 0 Å². The molecule has 0 bridgehead atoms. The quantitative estimate of drug-likeness (QED) is 0.898. The molecule has 100 valence electrons. The van der Waals surface area contributed by atoms with E-state index in [0.29, 0.717) is 6.54 Å². The number of nitrogens with one attached hydrogen (secondary N) is 1. The van der Waals surface area contributed by atoms with E-state index in [-0.39, 0.29) is 5.54 Å². The Morgan fingerprint density at radius 2 is 2.39 bits per heavy atom. The minimum absolute atomic E-state index is 0.0310. The minimum atomic E-state index is 0.0310. The topological polar surface area (TPSA) is 50.9 Å². The van der Waals surface area contributed by atoms with Gasteiger partial charge in [0.15, 0.2) is 0 Å². The summed E-state index contributed by atoms with van der Waals surface area (Å²) in [7, 11) is 0. The van der Waals surface area contributed by atoms with Crippen LogP contribution in [-0.4, -0.2) is 17.1 Å². The van der Waals surface area contributed by atoms with E-state index in [1.807, 2.05) is 6.20 Å². The van der Waals surface area contributed by atoms with Gasteiger partial charge in [0.2, 0.25) is 0 Å². The summed E-state index contributed by atoms with van der Waals surface area (Å²) in [6.45, 7) is 5.07. The van der Waals surface area contributed by atoms with Crippen LogP contribution in [0.2, 0.25) is 0 Å². The molecule has 1 heterocycles. The molecule has 2 rings (SSSR count). The molecule has 0 amide bonds. The van der Waals surface area contributed by atoms with E-state index in [2.05, 4.69) is 46.1 Å². The summed E-state index contributed by atoms with van der Waals surface area (Å²) in [4.78, 5) is 4.48. The van der Waals surface area contributed by atoms with Crippen LogP contribution in [0.4, 0.5) is 5.82 Å². The first-order valence-corrected chi connectivity index (χ1v) is 7.44. The van der Waals surface area contributed by atoms with Crippen molar-refractivity contribution in [2.45, 2.75) is 45.1 Å². The first-order chi connectivity index (χ1) is 8.54. The lowest BCUT2D eigenvalue weighted by Crippen LogP contribution is -2.49. The maximum Gasteiger partial charge on any atom is 0.129 e. The SMILES string of the molecule is Cc1cc(Br)cnc1NC1(CN)CCCC(C)C1. The van der Waals surface area contributed by atoms with Gasteiger partial charge in [0.25, 0.3) is 0 Å². The molecule has 3 nitrogen and oxygen atoms in total. The third-order valence-corrected chi connectivity index (χ3v) is 4.34. The first-order valence-electron chi connectivity index (χ1n) is 6.65. The number of aromatic nitrogens is 1. The van der Waals surface area contributed by atoms with E-state index >= 15 is 0 Å². The lowest BCUT2D eigenvalue weighted by atomic mass is 9.76. The van der Waals surface area contributed by atoms with Gasteiger partial charge in [-0.05, 0) is 53.2 Å². The van der Waals surface area contributed by atoms with Crippen molar-refractivity contribution in [2.75, 3.05) is 11.9 Å². The molecule has 1 aromatic rings. The Hall–Kier alpha value is -0.610. The molecule has 2 unspecified atom stereocenters. The van der Waals surface area contributed by atoms with Crippen LogP contribution in [0.25, 0.3) is 0 Å². The highest BCUT2D eigenvalue weighted by atomic mass is 79.9. The van der Waals surface area contributed by atoms with Gasteiger partial charge in [-0.1, -0.05) is 19.8 Å². The maximum absolute atomic E-state index is 6.03. The van der Waals surface area contributed by atoms with Crippen molar-refractivity contribution >= 4 is 21.7 Å². The molecule has 0 aromatic carbocycles. The number of rotatable bonds is 3. The third-order valence-electron chi connectivity index (χ3n) is 3.91. The predicted octanol–water partition coefficient (Wildman–Crippen LogP) is 3.47. The molecule has 2 atom stereocenters. The van der Waals surface area contributed by atoms with Gasteiger partial charge in [-0.2, -0.15) is 0 Å². The van der Waals surface area contributed by atoms with Crippen LogP contribution < -0.4 is 11.1 Å². The molecule has 18 heavy (non-hydrogen) atoms. The molecule has 0 radical (unpaired) electrons. The summed E-state index contributed by atoms with van der Waals surface area (Å²) in [5.41, 5.74) is 7.22. The summed E-state index contributed by atoms with van der Waals surface area (Å²) >= 11 is 3.45. The van der Waals surface area contributed by atoms with Crippen molar-refractivity contribution in [3.8, 4) is 0 Å². The molecule has 4 heteroatoms. The molecule has 0 spiro atoms. The Morgan fingerprint density at radius 3 is 3.00 bits per heavy atom. The second kappa shape index (κ2) is 5.57. The average Bonchev–Trinajstić information content (AvgIpc) is 2.33. The Balaban J connectivity index is 2.19. The highest BCUT2D eigenvalue weighted by molar-refractivity contribution is 9.10. The number of anilines is 1. The molecule has 1 aliphatic carbocycles. The monoisotopic (exact) mass is 311 g/mol. The fraction of sp³-hybridized carbons (Fsp3) is 0.643. The van der Waals surface area contributed by atoms with E-state index in [0.717, 1.165) is 34.6 Å². The maximum atomic E-state index is 6.03. The van der Waals surface area contributed by atoms with E-state index in [9.17, 15) is 0 Å². The summed E-state index contributed by atoms with van der Waals surface area (Å²) in [6.07, 6.45) is 6.69. The van der Waals surface area contributed by atoms with Crippen molar-refractivity contribution in [1.29, 1.82) is 0 Å². The second-order valence-electron chi connectivity index (χ2n) is 5.63. The van der Waals surface area contributed by atoms with Crippen LogP contribution in [0.5, 0.6) is 0 Å². The first kappa shape index (κ1) is 13.8. The Morgan fingerprint density at radius 1 is 1.61 bits per heavy atom. The summed E-state index contributed by atoms with van der Waals surface area (Å²) in [6, 6.07) is 2.09. The molecule has 1 saturated carbocycles. The van der Waals surface area contributed by atoms with Gasteiger partial charge >= 0.3 is 0 Å². The lowest BCUT2D eigenvalue weighted by molar-refractivity contribution is 0.263. The Bertz CT molecular complexity index is 422. The van der Waals surface area contributed by atoms with Gasteiger partial charge in [0.1, 0.15) is 5.82 Å². The lowest BCUT2D eigenvalue weighted by Gasteiger charge is -2.40. The molecule has 1 fully saturated rings. The van der Waals surface area contributed by atoms with Crippen molar-refractivity contribution in [2.24, 2.45) is 11.7 Å². The van der Waals surface area contributed by atoms with Crippen molar-refractivity contribution in [1.82, 2.24) is 4.98 Å². The fourth-order valence-electron chi connectivity index (χ4n) is 2.93. The van der Waals surface area contributed by atoms with Crippen molar-refractivity contribution in [3.63, 3.8) is 0 Å². The van der Waals surface area contributed by atoms with Gasteiger partial charge in [0, 0.05) is 17.2 Å². The standard InChI is InChI=1S/C14H22BrN3/c1-10-4-3-5-14(7-10,9-16)18-13-11(2)6-12(15)8-17-13/h6,8,10H,3-5,7,9,16H2,1-2H3,(H,17,18). The zero-order valence-electron chi connectivity index (χ0n) is 11.2. The summed E-state index contributed by atoms with van der Waals surface area (Å²) in [5, 5.41) is 3.61. The van der Waals surface area contributed by atoms with Crippen molar-refractivity contribution < 1.29 is 0 Å². The minimum Gasteiger partial charge on any atom is -0.363 e. The summed E-state index contributed by atoms with van der Waals surface area (Å²) in [5.74, 6) is 1.71. The number of nitrogens with two attached hydrogens (primary N) is 1. The molecule has 0 saturated heterocycles.